The number of alkyl carbamates (subject to hydrolysis) is 1. The summed E-state index contributed by atoms with van der Waals surface area (Å²) in [5.41, 5.74) is 3.81. The molecular weight excluding hydrogens is 408 g/mol. The van der Waals surface area contributed by atoms with Gasteiger partial charge < -0.3 is 20.1 Å². The summed E-state index contributed by atoms with van der Waals surface area (Å²) in [6, 6.07) is 14.1. The Morgan fingerprint density at radius 3 is 2.00 bits per heavy atom. The van der Waals surface area contributed by atoms with Crippen molar-refractivity contribution in [1.82, 2.24) is 10.2 Å². The number of amides is 2. The molecule has 2 amide bonds. The van der Waals surface area contributed by atoms with Crippen LogP contribution in [0.5, 0.6) is 0 Å². The maximum absolute atomic E-state index is 13.0. The van der Waals surface area contributed by atoms with Crippen molar-refractivity contribution in [1.29, 1.82) is 0 Å². The Balaban J connectivity index is 1.73. The summed E-state index contributed by atoms with van der Waals surface area (Å²) in [5, 5.41) is 11.9. The van der Waals surface area contributed by atoms with Crippen molar-refractivity contribution >= 4 is 18.0 Å². The van der Waals surface area contributed by atoms with Crippen molar-refractivity contribution in [2.24, 2.45) is 5.41 Å². The van der Waals surface area contributed by atoms with Crippen LogP contribution in [-0.4, -0.2) is 53.7 Å². The third-order valence-electron chi connectivity index (χ3n) is 6.00. The number of hydrogen-bond donors (Lipinski definition) is 2. The fourth-order valence-corrected chi connectivity index (χ4v) is 3.97. The first-order chi connectivity index (χ1) is 15.0. The Morgan fingerprint density at radius 1 is 1.03 bits per heavy atom. The van der Waals surface area contributed by atoms with Gasteiger partial charge in [-0.05, 0) is 34.6 Å². The van der Waals surface area contributed by atoms with Gasteiger partial charge in [0.15, 0.2) is 0 Å². The zero-order chi connectivity index (χ0) is 23.6. The van der Waals surface area contributed by atoms with E-state index in [1.165, 1.54) is 14.0 Å². The molecule has 0 saturated heterocycles. The number of aliphatic carboxylic acids is 1. The van der Waals surface area contributed by atoms with Gasteiger partial charge in [-0.25, -0.2) is 9.59 Å². The van der Waals surface area contributed by atoms with Gasteiger partial charge in [0.25, 0.3) is 0 Å². The molecule has 1 aliphatic carbocycles. The van der Waals surface area contributed by atoms with E-state index in [1.54, 1.807) is 20.8 Å². The first-order valence-corrected chi connectivity index (χ1v) is 10.6. The van der Waals surface area contributed by atoms with Crippen molar-refractivity contribution in [2.45, 2.75) is 45.7 Å². The van der Waals surface area contributed by atoms with Crippen LogP contribution in [-0.2, 0) is 14.3 Å². The van der Waals surface area contributed by atoms with Crippen LogP contribution in [0.15, 0.2) is 48.5 Å². The molecular formula is C25H30N2O5. The maximum atomic E-state index is 13.0. The van der Waals surface area contributed by atoms with Gasteiger partial charge in [0.05, 0.1) is 0 Å². The van der Waals surface area contributed by atoms with Gasteiger partial charge in [0.2, 0.25) is 5.91 Å². The molecule has 7 nitrogen and oxygen atoms in total. The van der Waals surface area contributed by atoms with E-state index in [1.807, 2.05) is 36.4 Å². The number of hydrogen-bond acceptors (Lipinski definition) is 4. The lowest BCUT2D eigenvalue weighted by Gasteiger charge is -2.34. The highest BCUT2D eigenvalue weighted by Crippen LogP contribution is 2.44. The van der Waals surface area contributed by atoms with E-state index in [-0.39, 0.29) is 12.5 Å². The molecule has 1 aliphatic rings. The van der Waals surface area contributed by atoms with Crippen LogP contribution in [0.2, 0.25) is 0 Å². The molecule has 0 aliphatic heterocycles. The van der Waals surface area contributed by atoms with Gasteiger partial charge in [-0.3, -0.25) is 4.79 Å². The van der Waals surface area contributed by atoms with Gasteiger partial charge in [-0.2, -0.15) is 0 Å². The number of carbonyl (C=O) groups is 3. The van der Waals surface area contributed by atoms with Crippen LogP contribution in [0.3, 0.4) is 0 Å². The van der Waals surface area contributed by atoms with Gasteiger partial charge in [0, 0.05) is 13.0 Å². The average molecular weight is 439 g/mol. The highest BCUT2D eigenvalue weighted by atomic mass is 16.5. The van der Waals surface area contributed by atoms with Crippen molar-refractivity contribution in [3.05, 3.63) is 59.7 Å². The third-order valence-corrected chi connectivity index (χ3v) is 6.00. The lowest BCUT2D eigenvalue weighted by molar-refractivity contribution is -0.150. The van der Waals surface area contributed by atoms with Crippen LogP contribution in [0.4, 0.5) is 4.79 Å². The van der Waals surface area contributed by atoms with Crippen molar-refractivity contribution in [3.8, 4) is 11.1 Å². The lowest BCUT2D eigenvalue weighted by Crippen LogP contribution is -2.56. The number of ether oxygens (including phenoxy) is 1. The number of fused-ring (bicyclic) bond motifs is 3. The molecule has 170 valence electrons. The summed E-state index contributed by atoms with van der Waals surface area (Å²) >= 11 is 0. The zero-order valence-electron chi connectivity index (χ0n) is 19.1. The molecule has 0 bridgehead atoms. The second kappa shape index (κ2) is 9.02. The van der Waals surface area contributed by atoms with E-state index >= 15 is 0 Å². The summed E-state index contributed by atoms with van der Waals surface area (Å²) in [7, 11) is 1.42. The van der Waals surface area contributed by atoms with Crippen LogP contribution >= 0.6 is 0 Å². The standard InChI is InChI=1S/C25H30N2O5/c1-15(23(29)30)27(5)22(28)21(25(2,3)4)26-24(31)32-14-20-18-12-8-6-10-16(18)17-11-7-9-13-19(17)20/h6-13,15,20-21H,14H2,1-5H3,(H,26,31)(H,29,30)/t15-,21?/m0/s1. The predicted octanol–water partition coefficient (Wildman–Crippen LogP) is 3.87. The molecule has 32 heavy (non-hydrogen) atoms. The monoisotopic (exact) mass is 438 g/mol. The average Bonchev–Trinajstić information content (AvgIpc) is 3.07. The Hall–Kier alpha value is -3.35. The molecule has 2 aromatic carbocycles. The second-order valence-electron chi connectivity index (χ2n) is 9.23. The quantitative estimate of drug-likeness (QED) is 0.714. The third kappa shape index (κ3) is 4.61. The number of nitrogens with zero attached hydrogens (tertiary/aromatic N) is 1. The van der Waals surface area contributed by atoms with Crippen LogP contribution in [0.1, 0.15) is 44.7 Å². The van der Waals surface area contributed by atoms with Crippen molar-refractivity contribution in [3.63, 3.8) is 0 Å². The molecule has 0 aromatic heterocycles. The molecule has 0 spiro atoms. The number of carboxylic acids is 1. The molecule has 2 aromatic rings. The topological polar surface area (TPSA) is 95.9 Å². The Labute approximate surface area is 188 Å². The molecule has 2 N–H and O–H groups in total. The predicted molar refractivity (Wildman–Crippen MR) is 121 cm³/mol. The maximum Gasteiger partial charge on any atom is 0.407 e. The molecule has 2 atom stereocenters. The number of benzene rings is 2. The first-order valence-electron chi connectivity index (χ1n) is 10.6. The van der Waals surface area contributed by atoms with Crippen molar-refractivity contribution in [2.75, 3.05) is 13.7 Å². The minimum Gasteiger partial charge on any atom is -0.480 e. The van der Waals surface area contributed by atoms with Crippen LogP contribution in [0.25, 0.3) is 11.1 Å². The largest absolute Gasteiger partial charge is 0.480 e. The molecule has 1 unspecified atom stereocenters. The Morgan fingerprint density at radius 2 is 1.53 bits per heavy atom. The highest BCUT2D eigenvalue weighted by Gasteiger charge is 2.38. The number of carbonyl (C=O) groups excluding carboxylic acids is 2. The number of likely N-dealkylation sites (N-methyl/N-ethyl adjacent to an activating group) is 1. The van der Waals surface area contributed by atoms with E-state index in [0.29, 0.717) is 0 Å². The number of nitrogens with one attached hydrogen (secondary N) is 1. The molecule has 0 fully saturated rings. The SMILES string of the molecule is C[C@@H](C(=O)O)N(C)C(=O)C(NC(=O)OCC1c2ccccc2-c2ccccc21)C(C)(C)C. The van der Waals surface area contributed by atoms with Gasteiger partial charge in [0.1, 0.15) is 18.7 Å². The number of carboxylic acid groups (broad SMARTS) is 1. The fraction of sp³-hybridized carbons (Fsp3) is 0.400. The highest BCUT2D eigenvalue weighted by molar-refractivity contribution is 5.89. The normalized spacial score (nSPS) is 14.7. The zero-order valence-corrected chi connectivity index (χ0v) is 19.1. The smallest absolute Gasteiger partial charge is 0.407 e. The van der Waals surface area contributed by atoms with E-state index in [2.05, 4.69) is 17.4 Å². The van der Waals surface area contributed by atoms with E-state index in [4.69, 9.17) is 4.74 Å². The van der Waals surface area contributed by atoms with Gasteiger partial charge >= 0.3 is 12.1 Å². The molecule has 0 heterocycles. The van der Waals surface area contributed by atoms with E-state index < -0.39 is 35.5 Å². The summed E-state index contributed by atoms with van der Waals surface area (Å²) in [6.45, 7) is 6.97. The lowest BCUT2D eigenvalue weighted by atomic mass is 9.85. The van der Waals surface area contributed by atoms with Gasteiger partial charge in [-0.15, -0.1) is 0 Å². The Kier molecular flexibility index (Phi) is 6.57. The molecule has 0 radical (unpaired) electrons. The summed E-state index contributed by atoms with van der Waals surface area (Å²) in [4.78, 5) is 38.1. The Bertz CT molecular complexity index is 981. The van der Waals surface area contributed by atoms with E-state index in [0.717, 1.165) is 27.2 Å². The van der Waals surface area contributed by atoms with E-state index in [9.17, 15) is 19.5 Å². The van der Waals surface area contributed by atoms with Gasteiger partial charge in [-0.1, -0.05) is 69.3 Å². The summed E-state index contributed by atoms with van der Waals surface area (Å²) in [5.74, 6) is -1.69. The molecule has 7 heteroatoms. The molecule has 0 saturated carbocycles. The first kappa shape index (κ1) is 23.3. The second-order valence-corrected chi connectivity index (χ2v) is 9.23. The summed E-state index contributed by atoms with van der Waals surface area (Å²) < 4.78 is 5.57. The summed E-state index contributed by atoms with van der Waals surface area (Å²) in [6.07, 6.45) is -0.712. The fourth-order valence-electron chi connectivity index (χ4n) is 3.97. The molecule has 3 rings (SSSR count). The minimum absolute atomic E-state index is 0.0911. The van der Waals surface area contributed by atoms with Crippen LogP contribution < -0.4 is 5.32 Å². The van der Waals surface area contributed by atoms with Crippen LogP contribution in [0, 0.1) is 5.41 Å². The minimum atomic E-state index is -1.12. The van der Waals surface area contributed by atoms with Crippen molar-refractivity contribution < 1.29 is 24.2 Å². The number of rotatable bonds is 6.